The van der Waals surface area contributed by atoms with Crippen LogP contribution in [0.3, 0.4) is 0 Å². The number of benzene rings is 1. The van der Waals surface area contributed by atoms with Crippen molar-refractivity contribution in [2.45, 2.75) is 19.4 Å². The van der Waals surface area contributed by atoms with Gasteiger partial charge in [-0.2, -0.15) is 0 Å². The summed E-state index contributed by atoms with van der Waals surface area (Å²) >= 11 is 0. The zero-order chi connectivity index (χ0) is 18.3. The Hall–Kier alpha value is -2.74. The van der Waals surface area contributed by atoms with E-state index in [1.165, 1.54) is 4.57 Å². The average molecular weight is 354 g/mol. The maximum absolute atomic E-state index is 12.5. The van der Waals surface area contributed by atoms with Crippen LogP contribution >= 0.6 is 0 Å². The molecule has 0 bridgehead atoms. The summed E-state index contributed by atoms with van der Waals surface area (Å²) in [4.78, 5) is 28.7. The molecular formula is C18H22N6O2. The van der Waals surface area contributed by atoms with Gasteiger partial charge < -0.3 is 4.90 Å². The number of hydrogen-bond donors (Lipinski definition) is 0. The van der Waals surface area contributed by atoms with Crippen LogP contribution in [0.1, 0.15) is 18.7 Å². The van der Waals surface area contributed by atoms with Gasteiger partial charge in [0.05, 0.1) is 24.0 Å². The third kappa shape index (κ3) is 2.76. The van der Waals surface area contributed by atoms with E-state index in [0.717, 1.165) is 31.4 Å². The molecule has 3 aromatic rings. The summed E-state index contributed by atoms with van der Waals surface area (Å²) in [5.41, 5.74) is 0.689. The molecule has 0 radical (unpaired) electrons. The molecule has 26 heavy (non-hydrogen) atoms. The number of rotatable bonds is 4. The highest BCUT2D eigenvalue weighted by Crippen LogP contribution is 2.15. The molecule has 0 atom stereocenters. The van der Waals surface area contributed by atoms with Gasteiger partial charge in [-0.3, -0.25) is 23.5 Å². The van der Waals surface area contributed by atoms with Crippen LogP contribution in [0, 0.1) is 0 Å². The average Bonchev–Trinajstić information content (AvgIpc) is 3.30. The topological polar surface area (TPSA) is 75.7 Å². The lowest BCUT2D eigenvalue weighted by molar-refractivity contribution is -0.131. The summed E-state index contributed by atoms with van der Waals surface area (Å²) in [6.07, 6.45) is 2.18. The van der Waals surface area contributed by atoms with Crippen molar-refractivity contribution in [1.82, 2.24) is 29.0 Å². The SMILES string of the molecule is CN(CC(=O)N1CCCC1)Cc1nnc2n(C)c(=O)c3ccccc3n12. The van der Waals surface area contributed by atoms with Crippen molar-refractivity contribution in [3.8, 4) is 0 Å². The Bertz CT molecular complexity index is 1030. The van der Waals surface area contributed by atoms with Crippen LogP contribution in [0.5, 0.6) is 0 Å². The molecule has 1 aromatic carbocycles. The number of fused-ring (bicyclic) bond motifs is 3. The van der Waals surface area contributed by atoms with Crippen molar-refractivity contribution >= 4 is 22.6 Å². The number of nitrogens with zero attached hydrogens (tertiary/aromatic N) is 6. The lowest BCUT2D eigenvalue weighted by atomic mass is 10.2. The molecule has 1 amide bonds. The number of carbonyl (C=O) groups excluding carboxylic acids is 1. The second kappa shape index (κ2) is 6.53. The third-order valence-corrected chi connectivity index (χ3v) is 4.97. The normalized spacial score (nSPS) is 14.8. The lowest BCUT2D eigenvalue weighted by Crippen LogP contribution is -2.37. The molecule has 1 saturated heterocycles. The van der Waals surface area contributed by atoms with Gasteiger partial charge in [0.1, 0.15) is 0 Å². The maximum Gasteiger partial charge on any atom is 0.262 e. The molecule has 1 aliphatic heterocycles. The van der Waals surface area contributed by atoms with E-state index in [1.807, 2.05) is 45.5 Å². The van der Waals surface area contributed by atoms with E-state index in [0.29, 0.717) is 30.1 Å². The van der Waals surface area contributed by atoms with Gasteiger partial charge in [0.25, 0.3) is 5.56 Å². The second-order valence-electron chi connectivity index (χ2n) is 6.89. The molecule has 0 aliphatic carbocycles. The predicted octanol–water partition coefficient (Wildman–Crippen LogP) is 0.635. The first-order chi connectivity index (χ1) is 12.6. The fourth-order valence-electron chi connectivity index (χ4n) is 3.59. The third-order valence-electron chi connectivity index (χ3n) is 4.97. The first-order valence-electron chi connectivity index (χ1n) is 8.84. The predicted molar refractivity (Wildman–Crippen MR) is 97.9 cm³/mol. The van der Waals surface area contributed by atoms with Crippen molar-refractivity contribution in [3.05, 3.63) is 40.4 Å². The Labute approximate surface area is 150 Å². The first kappa shape index (κ1) is 16.7. The molecule has 0 unspecified atom stereocenters. The van der Waals surface area contributed by atoms with Crippen LogP contribution in [0.25, 0.3) is 16.7 Å². The number of aromatic nitrogens is 4. The van der Waals surface area contributed by atoms with Gasteiger partial charge in [0.15, 0.2) is 5.82 Å². The smallest absolute Gasteiger partial charge is 0.262 e. The van der Waals surface area contributed by atoms with Crippen LogP contribution in [0.15, 0.2) is 29.1 Å². The van der Waals surface area contributed by atoms with Crippen LogP contribution in [0.4, 0.5) is 0 Å². The number of likely N-dealkylation sites (tertiary alicyclic amines) is 1. The van der Waals surface area contributed by atoms with Crippen LogP contribution in [0.2, 0.25) is 0 Å². The van der Waals surface area contributed by atoms with Crippen molar-refractivity contribution in [1.29, 1.82) is 0 Å². The summed E-state index contributed by atoms with van der Waals surface area (Å²) in [5, 5.41) is 9.10. The molecule has 0 spiro atoms. The molecule has 8 heteroatoms. The van der Waals surface area contributed by atoms with Crippen LogP contribution < -0.4 is 5.56 Å². The number of carbonyl (C=O) groups is 1. The molecular weight excluding hydrogens is 332 g/mol. The lowest BCUT2D eigenvalue weighted by Gasteiger charge is -2.20. The van der Waals surface area contributed by atoms with E-state index in [9.17, 15) is 9.59 Å². The largest absolute Gasteiger partial charge is 0.342 e. The van der Waals surface area contributed by atoms with Crippen molar-refractivity contribution in [2.75, 3.05) is 26.7 Å². The quantitative estimate of drug-likeness (QED) is 0.687. The van der Waals surface area contributed by atoms with E-state index < -0.39 is 0 Å². The van der Waals surface area contributed by atoms with E-state index in [2.05, 4.69) is 10.2 Å². The van der Waals surface area contributed by atoms with Crippen molar-refractivity contribution in [2.24, 2.45) is 7.05 Å². The van der Waals surface area contributed by atoms with E-state index >= 15 is 0 Å². The summed E-state index contributed by atoms with van der Waals surface area (Å²) in [6.45, 7) is 2.53. The summed E-state index contributed by atoms with van der Waals surface area (Å²) in [5.74, 6) is 1.36. The standard InChI is InChI=1S/C18H22N6O2/c1-21(12-16(25)23-9-5-6-10-23)11-15-19-20-18-22(2)17(26)13-7-3-4-8-14(13)24(15)18/h3-4,7-8H,5-6,9-12H2,1-2H3. The number of para-hydroxylation sites is 1. The fourth-order valence-corrected chi connectivity index (χ4v) is 3.59. The van der Waals surface area contributed by atoms with Crippen molar-refractivity contribution < 1.29 is 4.79 Å². The number of hydrogen-bond acceptors (Lipinski definition) is 5. The second-order valence-corrected chi connectivity index (χ2v) is 6.89. The van der Waals surface area contributed by atoms with Gasteiger partial charge >= 0.3 is 0 Å². The molecule has 0 saturated carbocycles. The number of aryl methyl sites for hydroxylation is 1. The maximum atomic E-state index is 12.5. The highest BCUT2D eigenvalue weighted by molar-refractivity contribution is 5.80. The molecule has 0 N–H and O–H groups in total. The fraction of sp³-hybridized carbons (Fsp3) is 0.444. The van der Waals surface area contributed by atoms with Crippen LogP contribution in [-0.2, 0) is 18.4 Å². The van der Waals surface area contributed by atoms with Gasteiger partial charge in [-0.05, 0) is 32.0 Å². The minimum atomic E-state index is -0.0929. The Balaban J connectivity index is 1.67. The molecule has 1 aliphatic rings. The van der Waals surface area contributed by atoms with Gasteiger partial charge in [-0.15, -0.1) is 10.2 Å². The van der Waals surface area contributed by atoms with E-state index in [-0.39, 0.29) is 11.5 Å². The Morgan fingerprint density at radius 1 is 1.19 bits per heavy atom. The number of amides is 1. The van der Waals surface area contributed by atoms with Crippen LogP contribution in [-0.4, -0.2) is 61.6 Å². The minimum absolute atomic E-state index is 0.0929. The zero-order valence-electron chi connectivity index (χ0n) is 15.1. The van der Waals surface area contributed by atoms with Crippen molar-refractivity contribution in [3.63, 3.8) is 0 Å². The summed E-state index contributed by atoms with van der Waals surface area (Å²) in [6, 6.07) is 7.44. The molecule has 3 heterocycles. The van der Waals surface area contributed by atoms with Gasteiger partial charge in [-0.1, -0.05) is 12.1 Å². The van der Waals surface area contributed by atoms with E-state index in [4.69, 9.17) is 0 Å². The Morgan fingerprint density at radius 2 is 1.92 bits per heavy atom. The highest BCUT2D eigenvalue weighted by atomic mass is 16.2. The summed E-state index contributed by atoms with van der Waals surface area (Å²) < 4.78 is 3.40. The minimum Gasteiger partial charge on any atom is -0.342 e. The molecule has 136 valence electrons. The summed E-state index contributed by atoms with van der Waals surface area (Å²) in [7, 11) is 3.60. The monoisotopic (exact) mass is 354 g/mol. The molecule has 4 rings (SSSR count). The van der Waals surface area contributed by atoms with Gasteiger partial charge in [-0.25, -0.2) is 0 Å². The Kier molecular flexibility index (Phi) is 4.20. The number of likely N-dealkylation sites (N-methyl/N-ethyl adjacent to an activating group) is 1. The molecule has 2 aromatic heterocycles. The van der Waals surface area contributed by atoms with Gasteiger partial charge in [0.2, 0.25) is 11.7 Å². The molecule has 1 fully saturated rings. The highest BCUT2D eigenvalue weighted by Gasteiger charge is 2.21. The molecule has 8 nitrogen and oxygen atoms in total. The first-order valence-corrected chi connectivity index (χ1v) is 8.84. The van der Waals surface area contributed by atoms with E-state index in [1.54, 1.807) is 7.05 Å². The Morgan fingerprint density at radius 3 is 2.69 bits per heavy atom. The van der Waals surface area contributed by atoms with Gasteiger partial charge in [0, 0.05) is 20.1 Å². The zero-order valence-corrected chi connectivity index (χ0v) is 15.1.